The summed E-state index contributed by atoms with van der Waals surface area (Å²) in [6, 6.07) is 5.34. The van der Waals surface area contributed by atoms with Crippen LogP contribution in [0.15, 0.2) is 46.0 Å². The van der Waals surface area contributed by atoms with Crippen molar-refractivity contribution < 1.29 is 31.9 Å². The van der Waals surface area contributed by atoms with Crippen molar-refractivity contribution in [1.29, 1.82) is 0 Å². The van der Waals surface area contributed by atoms with Gasteiger partial charge in [0.2, 0.25) is 0 Å². The molecule has 2 amide bonds. The van der Waals surface area contributed by atoms with E-state index >= 15 is 0 Å². The zero-order chi connectivity index (χ0) is 21.5. The monoisotopic (exact) mass is 434 g/mol. The van der Waals surface area contributed by atoms with Gasteiger partial charge in [0.15, 0.2) is 0 Å². The standard InChI is InChI=1S/C20H13F3N2O4S/c1-2-28-15-4-3-10(6-14(15)20(21,22)23)13-9-24-8-11-5-12(29-17(11)13)7-16-18(26)25-19(27)30-16/h3-9H,2H2,1H3,(H,25,26,27)/b16-7-. The maximum absolute atomic E-state index is 13.5. The second-order valence-electron chi connectivity index (χ2n) is 6.25. The van der Waals surface area contributed by atoms with E-state index in [0.29, 0.717) is 16.5 Å². The second kappa shape index (κ2) is 7.52. The van der Waals surface area contributed by atoms with Gasteiger partial charge in [0.05, 0.1) is 17.1 Å². The molecule has 1 aromatic carbocycles. The Bertz CT molecular complexity index is 1200. The lowest BCUT2D eigenvalue weighted by atomic mass is 10.0. The van der Waals surface area contributed by atoms with Gasteiger partial charge in [0.25, 0.3) is 11.1 Å². The van der Waals surface area contributed by atoms with E-state index in [1.54, 1.807) is 13.0 Å². The van der Waals surface area contributed by atoms with E-state index in [9.17, 15) is 22.8 Å². The van der Waals surface area contributed by atoms with Gasteiger partial charge in [0.1, 0.15) is 17.1 Å². The van der Waals surface area contributed by atoms with Crippen LogP contribution in [-0.4, -0.2) is 22.7 Å². The van der Waals surface area contributed by atoms with Crippen molar-refractivity contribution in [2.45, 2.75) is 13.1 Å². The number of carbonyl (C=O) groups is 2. The minimum absolute atomic E-state index is 0.101. The molecule has 1 aliphatic heterocycles. The molecule has 10 heteroatoms. The highest BCUT2D eigenvalue weighted by Gasteiger charge is 2.35. The van der Waals surface area contributed by atoms with E-state index in [0.717, 1.165) is 17.8 Å². The van der Waals surface area contributed by atoms with Crippen molar-refractivity contribution >= 4 is 40.0 Å². The third kappa shape index (κ3) is 3.78. The van der Waals surface area contributed by atoms with Crippen LogP contribution >= 0.6 is 11.8 Å². The molecule has 1 fully saturated rings. The van der Waals surface area contributed by atoms with E-state index < -0.39 is 22.9 Å². The first-order valence-electron chi connectivity index (χ1n) is 8.73. The molecule has 154 valence electrons. The number of imide groups is 1. The number of aromatic nitrogens is 1. The van der Waals surface area contributed by atoms with Crippen molar-refractivity contribution in [2.24, 2.45) is 0 Å². The van der Waals surface area contributed by atoms with Crippen molar-refractivity contribution in [2.75, 3.05) is 6.61 Å². The van der Waals surface area contributed by atoms with Crippen LogP contribution < -0.4 is 10.1 Å². The third-order valence-corrected chi connectivity index (χ3v) is 5.06. The first-order valence-corrected chi connectivity index (χ1v) is 9.54. The molecule has 2 aromatic heterocycles. The van der Waals surface area contributed by atoms with Gasteiger partial charge >= 0.3 is 6.18 Å². The van der Waals surface area contributed by atoms with E-state index in [-0.39, 0.29) is 28.6 Å². The SMILES string of the molecule is CCOc1ccc(-c2cncc3cc(/C=C4\SC(=O)NC4=O)oc23)cc1C(F)(F)F. The summed E-state index contributed by atoms with van der Waals surface area (Å²) in [5, 5.41) is 2.19. The number of hydrogen-bond donors (Lipinski definition) is 1. The minimum atomic E-state index is -4.60. The first kappa shape index (κ1) is 20.0. The molecule has 0 bridgehead atoms. The summed E-state index contributed by atoms with van der Waals surface area (Å²) < 4.78 is 51.3. The number of fused-ring (bicyclic) bond motifs is 1. The van der Waals surface area contributed by atoms with Crippen molar-refractivity contribution in [3.63, 3.8) is 0 Å². The molecule has 4 rings (SSSR count). The number of benzene rings is 1. The van der Waals surface area contributed by atoms with Gasteiger partial charge in [-0.05, 0) is 42.4 Å². The van der Waals surface area contributed by atoms with Gasteiger partial charge in [-0.2, -0.15) is 13.2 Å². The average molecular weight is 434 g/mol. The van der Waals surface area contributed by atoms with Crippen molar-refractivity contribution in [3.05, 3.63) is 52.9 Å². The van der Waals surface area contributed by atoms with Crippen LogP contribution in [0.2, 0.25) is 0 Å². The number of thioether (sulfide) groups is 1. The number of alkyl halides is 3. The van der Waals surface area contributed by atoms with Gasteiger partial charge in [-0.3, -0.25) is 19.9 Å². The second-order valence-corrected chi connectivity index (χ2v) is 7.26. The maximum atomic E-state index is 13.5. The molecule has 3 heterocycles. The number of carbonyl (C=O) groups excluding carboxylic acids is 2. The Hall–Kier alpha value is -3.27. The molecule has 30 heavy (non-hydrogen) atoms. The third-order valence-electron chi connectivity index (χ3n) is 4.25. The molecule has 1 saturated heterocycles. The Balaban J connectivity index is 1.80. The highest BCUT2D eigenvalue weighted by atomic mass is 32.2. The van der Waals surface area contributed by atoms with Gasteiger partial charge < -0.3 is 9.15 Å². The first-order chi connectivity index (χ1) is 14.3. The Morgan fingerprint density at radius 1 is 1.23 bits per heavy atom. The van der Waals surface area contributed by atoms with E-state index in [2.05, 4.69) is 10.3 Å². The lowest BCUT2D eigenvalue weighted by Gasteiger charge is -2.14. The summed E-state index contributed by atoms with van der Waals surface area (Å²) in [6.45, 7) is 1.71. The number of ether oxygens (including phenoxy) is 1. The number of nitrogens with zero attached hydrogens (tertiary/aromatic N) is 1. The largest absolute Gasteiger partial charge is 0.493 e. The van der Waals surface area contributed by atoms with E-state index in [1.807, 2.05) is 0 Å². The molecule has 0 radical (unpaired) electrons. The van der Waals surface area contributed by atoms with Gasteiger partial charge in [-0.15, -0.1) is 0 Å². The number of furan rings is 1. The lowest BCUT2D eigenvalue weighted by Crippen LogP contribution is -2.17. The van der Waals surface area contributed by atoms with Gasteiger partial charge in [-0.1, -0.05) is 6.07 Å². The maximum Gasteiger partial charge on any atom is 0.419 e. The van der Waals surface area contributed by atoms with Crippen LogP contribution in [0.3, 0.4) is 0 Å². The molecule has 0 atom stereocenters. The van der Waals surface area contributed by atoms with Crippen LogP contribution in [-0.2, 0) is 11.0 Å². The van der Waals surface area contributed by atoms with E-state index in [1.165, 1.54) is 30.6 Å². The molecule has 0 saturated carbocycles. The zero-order valence-electron chi connectivity index (χ0n) is 15.4. The topological polar surface area (TPSA) is 81.4 Å². The van der Waals surface area contributed by atoms with Crippen molar-refractivity contribution in [3.8, 4) is 16.9 Å². The molecular weight excluding hydrogens is 421 g/mol. The number of halogens is 3. The van der Waals surface area contributed by atoms with Crippen LogP contribution in [0.5, 0.6) is 5.75 Å². The predicted molar refractivity (Wildman–Crippen MR) is 105 cm³/mol. The molecule has 1 N–H and O–H groups in total. The molecule has 6 nitrogen and oxygen atoms in total. The van der Waals surface area contributed by atoms with Crippen LogP contribution in [0.1, 0.15) is 18.2 Å². The highest BCUT2D eigenvalue weighted by Crippen LogP contribution is 2.40. The smallest absolute Gasteiger partial charge is 0.419 e. The lowest BCUT2D eigenvalue weighted by molar-refractivity contribution is -0.138. The summed E-state index contributed by atoms with van der Waals surface area (Å²) in [4.78, 5) is 27.3. The van der Waals surface area contributed by atoms with Crippen molar-refractivity contribution in [1.82, 2.24) is 10.3 Å². The summed E-state index contributed by atoms with van der Waals surface area (Å²) >= 11 is 0.737. The summed E-state index contributed by atoms with van der Waals surface area (Å²) in [6.07, 6.45) is -0.302. The summed E-state index contributed by atoms with van der Waals surface area (Å²) in [7, 11) is 0. The number of rotatable bonds is 4. The quantitative estimate of drug-likeness (QED) is 0.566. The number of nitrogens with one attached hydrogen (secondary N) is 1. The molecule has 3 aromatic rings. The van der Waals surface area contributed by atoms with Gasteiger partial charge in [-0.25, -0.2) is 0 Å². The fourth-order valence-electron chi connectivity index (χ4n) is 3.01. The fraction of sp³-hybridized carbons (Fsp3) is 0.150. The normalized spacial score (nSPS) is 15.8. The molecule has 0 aliphatic carbocycles. The molecular formula is C20H13F3N2O4S. The summed E-state index contributed by atoms with van der Waals surface area (Å²) in [5.74, 6) is -0.522. The molecule has 1 aliphatic rings. The Labute approximate surface area is 172 Å². The Morgan fingerprint density at radius 2 is 2.03 bits per heavy atom. The number of hydrogen-bond acceptors (Lipinski definition) is 6. The van der Waals surface area contributed by atoms with E-state index in [4.69, 9.17) is 9.15 Å². The Morgan fingerprint density at radius 3 is 2.70 bits per heavy atom. The van der Waals surface area contributed by atoms with Crippen LogP contribution in [0.4, 0.5) is 18.0 Å². The van der Waals surface area contributed by atoms with Crippen LogP contribution in [0, 0.1) is 0 Å². The minimum Gasteiger partial charge on any atom is -0.493 e. The summed E-state index contributed by atoms with van der Waals surface area (Å²) in [5.41, 5.74) is 0.0139. The Kier molecular flexibility index (Phi) is 5.02. The highest BCUT2D eigenvalue weighted by molar-refractivity contribution is 8.18. The van der Waals surface area contributed by atoms with Gasteiger partial charge in [0, 0.05) is 29.4 Å². The zero-order valence-corrected chi connectivity index (χ0v) is 16.2. The number of pyridine rings is 1. The predicted octanol–water partition coefficient (Wildman–Crippen LogP) is 5.24. The fourth-order valence-corrected chi connectivity index (χ4v) is 3.67. The number of amides is 2. The average Bonchev–Trinajstić information content (AvgIpc) is 3.23. The molecule has 0 spiro atoms. The molecule has 0 unspecified atom stereocenters. The van der Waals surface area contributed by atoms with Crippen LogP contribution in [0.25, 0.3) is 28.2 Å².